The minimum absolute atomic E-state index is 0.165. The first-order valence-electron chi connectivity index (χ1n) is 10.2. The van der Waals surface area contributed by atoms with Crippen LogP contribution in [0.1, 0.15) is 55.6 Å². The van der Waals surface area contributed by atoms with E-state index in [0.29, 0.717) is 30.4 Å². The van der Waals surface area contributed by atoms with Crippen LogP contribution in [-0.2, 0) is 0 Å². The Labute approximate surface area is 176 Å². The van der Waals surface area contributed by atoms with Gasteiger partial charge in [-0.1, -0.05) is 19.9 Å². The Morgan fingerprint density at radius 3 is 2.37 bits per heavy atom. The van der Waals surface area contributed by atoms with E-state index in [1.165, 1.54) is 6.39 Å². The molecule has 0 aliphatic rings. The third-order valence-electron chi connectivity index (χ3n) is 4.49. The normalized spacial score (nSPS) is 11.7. The highest BCUT2D eigenvalue weighted by molar-refractivity contribution is 5.94. The topological polar surface area (TPSA) is 86.5 Å². The molecule has 158 valence electrons. The van der Waals surface area contributed by atoms with Crippen molar-refractivity contribution in [1.82, 2.24) is 15.5 Å². The third kappa shape index (κ3) is 5.37. The minimum atomic E-state index is -0.197. The molecule has 30 heavy (non-hydrogen) atoms. The largest absolute Gasteiger partial charge is 0.490 e. The second-order valence-electron chi connectivity index (χ2n) is 6.92. The van der Waals surface area contributed by atoms with Crippen LogP contribution in [0.2, 0.25) is 0 Å². The second-order valence-corrected chi connectivity index (χ2v) is 6.92. The SMILES string of the molecule is CCCOc1ccc([C@@H](C)NC(=O)c2ccc(-c3nnco3)cc2)cc1OCCC. The molecular formula is C23H27N3O4. The van der Waals surface area contributed by atoms with Crippen molar-refractivity contribution in [3.05, 3.63) is 60.0 Å². The van der Waals surface area contributed by atoms with Crippen LogP contribution in [0.4, 0.5) is 0 Å². The molecule has 0 aliphatic carbocycles. The van der Waals surface area contributed by atoms with E-state index in [1.54, 1.807) is 24.3 Å². The van der Waals surface area contributed by atoms with Gasteiger partial charge in [0.15, 0.2) is 11.5 Å². The van der Waals surface area contributed by atoms with Crippen LogP contribution < -0.4 is 14.8 Å². The molecule has 0 bridgehead atoms. The zero-order chi connectivity index (χ0) is 21.3. The number of hydrogen-bond acceptors (Lipinski definition) is 6. The molecule has 0 aliphatic heterocycles. The van der Waals surface area contributed by atoms with Crippen molar-refractivity contribution in [3.63, 3.8) is 0 Å². The summed E-state index contributed by atoms with van der Waals surface area (Å²) >= 11 is 0. The summed E-state index contributed by atoms with van der Waals surface area (Å²) < 4.78 is 16.8. The fourth-order valence-electron chi connectivity index (χ4n) is 2.88. The molecule has 0 unspecified atom stereocenters. The molecule has 1 atom stereocenters. The van der Waals surface area contributed by atoms with Gasteiger partial charge in [-0.15, -0.1) is 10.2 Å². The summed E-state index contributed by atoms with van der Waals surface area (Å²) in [6.07, 6.45) is 3.10. The Morgan fingerprint density at radius 2 is 1.73 bits per heavy atom. The standard InChI is InChI=1S/C23H27N3O4/c1-4-12-28-20-11-10-19(14-21(20)29-13-5-2)16(3)25-22(27)17-6-8-18(9-7-17)23-26-24-15-30-23/h6-11,14-16H,4-5,12-13H2,1-3H3,(H,25,27)/t16-/m1/s1. The second kappa shape index (κ2) is 10.4. The van der Waals surface area contributed by atoms with Crippen molar-refractivity contribution in [2.75, 3.05) is 13.2 Å². The molecule has 0 radical (unpaired) electrons. The van der Waals surface area contributed by atoms with E-state index in [4.69, 9.17) is 13.9 Å². The van der Waals surface area contributed by atoms with E-state index in [0.717, 1.165) is 29.7 Å². The van der Waals surface area contributed by atoms with Gasteiger partial charge < -0.3 is 19.2 Å². The molecule has 0 saturated carbocycles. The van der Waals surface area contributed by atoms with Gasteiger partial charge in [-0.2, -0.15) is 0 Å². The monoisotopic (exact) mass is 409 g/mol. The Hall–Kier alpha value is -3.35. The summed E-state index contributed by atoms with van der Waals surface area (Å²) in [5.41, 5.74) is 2.26. The van der Waals surface area contributed by atoms with Gasteiger partial charge in [0.25, 0.3) is 5.91 Å². The zero-order valence-corrected chi connectivity index (χ0v) is 17.6. The Morgan fingerprint density at radius 1 is 1.03 bits per heavy atom. The molecule has 1 aromatic heterocycles. The lowest BCUT2D eigenvalue weighted by Gasteiger charge is -2.18. The number of benzene rings is 2. The van der Waals surface area contributed by atoms with Gasteiger partial charge in [-0.25, -0.2) is 0 Å². The number of nitrogens with one attached hydrogen (secondary N) is 1. The van der Waals surface area contributed by atoms with E-state index in [9.17, 15) is 4.79 Å². The van der Waals surface area contributed by atoms with Gasteiger partial charge in [-0.3, -0.25) is 4.79 Å². The highest BCUT2D eigenvalue weighted by Gasteiger charge is 2.15. The molecule has 0 spiro atoms. The number of rotatable bonds is 10. The predicted octanol–water partition coefficient (Wildman–Crippen LogP) is 4.81. The first-order valence-corrected chi connectivity index (χ1v) is 10.2. The zero-order valence-electron chi connectivity index (χ0n) is 17.6. The predicted molar refractivity (Wildman–Crippen MR) is 114 cm³/mol. The Balaban J connectivity index is 1.69. The molecule has 3 aromatic rings. The van der Waals surface area contributed by atoms with Crippen LogP contribution in [0.15, 0.2) is 53.3 Å². The number of carbonyl (C=O) groups excluding carboxylic acids is 1. The Bertz CT molecular complexity index is 940. The molecule has 0 saturated heterocycles. The summed E-state index contributed by atoms with van der Waals surface area (Å²) in [5, 5.41) is 10.6. The maximum absolute atomic E-state index is 12.7. The maximum Gasteiger partial charge on any atom is 0.251 e. The van der Waals surface area contributed by atoms with Crippen LogP contribution in [0.3, 0.4) is 0 Å². The number of ether oxygens (including phenoxy) is 2. The summed E-state index contributed by atoms with van der Waals surface area (Å²) in [4.78, 5) is 12.7. The van der Waals surface area contributed by atoms with Crippen molar-refractivity contribution in [3.8, 4) is 23.0 Å². The van der Waals surface area contributed by atoms with Gasteiger partial charge in [0.05, 0.1) is 19.3 Å². The maximum atomic E-state index is 12.7. The average molecular weight is 409 g/mol. The van der Waals surface area contributed by atoms with E-state index in [1.807, 2.05) is 25.1 Å². The summed E-state index contributed by atoms with van der Waals surface area (Å²) in [6.45, 7) is 7.30. The lowest BCUT2D eigenvalue weighted by molar-refractivity contribution is 0.0940. The fraction of sp³-hybridized carbons (Fsp3) is 0.348. The average Bonchev–Trinajstić information content (AvgIpc) is 3.31. The van der Waals surface area contributed by atoms with Gasteiger partial charge in [0, 0.05) is 11.1 Å². The number of carbonyl (C=O) groups is 1. The molecule has 7 nitrogen and oxygen atoms in total. The van der Waals surface area contributed by atoms with Crippen molar-refractivity contribution >= 4 is 5.91 Å². The third-order valence-corrected chi connectivity index (χ3v) is 4.49. The van der Waals surface area contributed by atoms with Crippen LogP contribution in [0, 0.1) is 0 Å². The van der Waals surface area contributed by atoms with Gasteiger partial charge in [0.1, 0.15) is 0 Å². The highest BCUT2D eigenvalue weighted by atomic mass is 16.5. The van der Waals surface area contributed by atoms with E-state index in [-0.39, 0.29) is 11.9 Å². The van der Waals surface area contributed by atoms with Gasteiger partial charge >= 0.3 is 0 Å². The van der Waals surface area contributed by atoms with E-state index < -0.39 is 0 Å². The molecule has 1 N–H and O–H groups in total. The summed E-state index contributed by atoms with van der Waals surface area (Å²) in [5.74, 6) is 1.68. The van der Waals surface area contributed by atoms with Gasteiger partial charge in [0.2, 0.25) is 12.3 Å². The van der Waals surface area contributed by atoms with Crippen LogP contribution in [0.25, 0.3) is 11.5 Å². The first-order chi connectivity index (χ1) is 14.6. The Kier molecular flexibility index (Phi) is 7.43. The minimum Gasteiger partial charge on any atom is -0.490 e. The van der Waals surface area contributed by atoms with Crippen LogP contribution >= 0.6 is 0 Å². The molecular weight excluding hydrogens is 382 g/mol. The molecule has 1 amide bonds. The smallest absolute Gasteiger partial charge is 0.251 e. The van der Waals surface area contributed by atoms with Crippen molar-refractivity contribution in [1.29, 1.82) is 0 Å². The van der Waals surface area contributed by atoms with Crippen molar-refractivity contribution in [2.45, 2.75) is 39.7 Å². The molecule has 1 heterocycles. The highest BCUT2D eigenvalue weighted by Crippen LogP contribution is 2.31. The molecule has 3 rings (SSSR count). The number of amides is 1. The number of nitrogens with zero attached hydrogens (tertiary/aromatic N) is 2. The quantitative estimate of drug-likeness (QED) is 0.517. The number of aromatic nitrogens is 2. The number of hydrogen-bond donors (Lipinski definition) is 1. The van der Waals surface area contributed by atoms with Crippen molar-refractivity contribution < 1.29 is 18.7 Å². The summed E-state index contributed by atoms with van der Waals surface area (Å²) in [6, 6.07) is 12.6. The lowest BCUT2D eigenvalue weighted by atomic mass is 10.1. The van der Waals surface area contributed by atoms with Crippen LogP contribution in [0.5, 0.6) is 11.5 Å². The first kappa shape index (κ1) is 21.4. The van der Waals surface area contributed by atoms with Crippen molar-refractivity contribution in [2.24, 2.45) is 0 Å². The molecule has 0 fully saturated rings. The summed E-state index contributed by atoms with van der Waals surface area (Å²) in [7, 11) is 0. The van der Waals surface area contributed by atoms with Gasteiger partial charge in [-0.05, 0) is 61.7 Å². The van der Waals surface area contributed by atoms with E-state index in [2.05, 4.69) is 29.4 Å². The molecule has 2 aromatic carbocycles. The van der Waals surface area contributed by atoms with Crippen LogP contribution in [-0.4, -0.2) is 29.3 Å². The van der Waals surface area contributed by atoms with E-state index >= 15 is 0 Å². The lowest BCUT2D eigenvalue weighted by Crippen LogP contribution is -2.26. The fourth-order valence-corrected chi connectivity index (χ4v) is 2.88. The molecule has 7 heteroatoms.